The highest BCUT2D eigenvalue weighted by atomic mass is 32.1. The maximum atomic E-state index is 13.1. The van der Waals surface area contributed by atoms with E-state index in [2.05, 4.69) is 25.9 Å². The van der Waals surface area contributed by atoms with Crippen molar-refractivity contribution in [1.82, 2.24) is 20.6 Å². The van der Waals surface area contributed by atoms with Gasteiger partial charge in [-0.3, -0.25) is 14.6 Å². The number of pyridine rings is 1. The molecule has 0 saturated heterocycles. The normalized spacial score (nSPS) is 11.4. The van der Waals surface area contributed by atoms with E-state index in [1.54, 1.807) is 29.8 Å². The van der Waals surface area contributed by atoms with Gasteiger partial charge >= 0.3 is 0 Å². The van der Waals surface area contributed by atoms with E-state index in [9.17, 15) is 14.0 Å². The van der Waals surface area contributed by atoms with Crippen LogP contribution >= 0.6 is 11.3 Å². The van der Waals surface area contributed by atoms with Crippen molar-refractivity contribution < 1.29 is 14.0 Å². The van der Waals surface area contributed by atoms with E-state index in [-0.39, 0.29) is 24.0 Å². The van der Waals surface area contributed by atoms with Crippen molar-refractivity contribution in [1.29, 1.82) is 0 Å². The number of rotatable bonds is 9. The maximum absolute atomic E-state index is 13.1. The number of benzene rings is 2. The molecule has 0 bridgehead atoms. The summed E-state index contributed by atoms with van der Waals surface area (Å²) in [6.45, 7) is 0.253. The molecule has 0 aliphatic rings. The van der Waals surface area contributed by atoms with Gasteiger partial charge in [0.25, 0.3) is 5.91 Å². The number of aromatic nitrogens is 2. The van der Waals surface area contributed by atoms with Crippen LogP contribution in [0.15, 0.2) is 84.4 Å². The zero-order chi connectivity index (χ0) is 23.8. The van der Waals surface area contributed by atoms with E-state index < -0.39 is 11.9 Å². The van der Waals surface area contributed by atoms with Crippen LogP contribution in [0.2, 0.25) is 0 Å². The second kappa shape index (κ2) is 11.2. The summed E-state index contributed by atoms with van der Waals surface area (Å²) in [7, 11) is 0. The lowest BCUT2D eigenvalue weighted by molar-refractivity contribution is -0.123. The van der Waals surface area contributed by atoms with Gasteiger partial charge in [0.05, 0.1) is 12.2 Å². The molecule has 2 aromatic carbocycles. The molecule has 34 heavy (non-hydrogen) atoms. The second-order valence-electron chi connectivity index (χ2n) is 7.42. The SMILES string of the molecule is O=C(NC(Cc1ccccc1)C(=O)NCc1ccccn1)c1csc(Nc2ccc(F)cc2)n1. The van der Waals surface area contributed by atoms with Gasteiger partial charge in [0, 0.05) is 23.7 Å². The van der Waals surface area contributed by atoms with Crippen LogP contribution in [0.1, 0.15) is 21.7 Å². The van der Waals surface area contributed by atoms with Crippen LogP contribution < -0.4 is 16.0 Å². The molecule has 0 aliphatic carbocycles. The average molecular weight is 476 g/mol. The van der Waals surface area contributed by atoms with Crippen LogP contribution in [0.4, 0.5) is 15.2 Å². The van der Waals surface area contributed by atoms with Gasteiger partial charge in [0.2, 0.25) is 5.91 Å². The highest BCUT2D eigenvalue weighted by Crippen LogP contribution is 2.21. The molecular formula is C25H22FN5O2S. The zero-order valence-corrected chi connectivity index (χ0v) is 18.9. The third-order valence-corrected chi connectivity index (χ3v) is 5.66. The minimum Gasteiger partial charge on any atom is -0.349 e. The first-order valence-electron chi connectivity index (χ1n) is 10.6. The van der Waals surface area contributed by atoms with Crippen molar-refractivity contribution >= 4 is 34.0 Å². The third kappa shape index (κ3) is 6.46. The van der Waals surface area contributed by atoms with E-state index in [1.165, 1.54) is 23.5 Å². The summed E-state index contributed by atoms with van der Waals surface area (Å²) < 4.78 is 13.1. The summed E-state index contributed by atoms with van der Waals surface area (Å²) in [4.78, 5) is 34.4. The lowest BCUT2D eigenvalue weighted by Crippen LogP contribution is -2.48. The van der Waals surface area contributed by atoms with E-state index in [4.69, 9.17) is 0 Å². The van der Waals surface area contributed by atoms with Crippen LogP contribution in [-0.4, -0.2) is 27.8 Å². The highest BCUT2D eigenvalue weighted by Gasteiger charge is 2.23. The number of nitrogens with zero attached hydrogens (tertiary/aromatic N) is 2. The predicted octanol–water partition coefficient (Wildman–Crippen LogP) is 4.08. The highest BCUT2D eigenvalue weighted by molar-refractivity contribution is 7.14. The molecule has 4 rings (SSSR count). The van der Waals surface area contributed by atoms with Gasteiger partial charge in [0.1, 0.15) is 17.6 Å². The molecule has 172 valence electrons. The number of carbonyl (C=O) groups excluding carboxylic acids is 2. The topological polar surface area (TPSA) is 96.0 Å². The Hall–Kier alpha value is -4.11. The number of anilines is 2. The van der Waals surface area contributed by atoms with Gasteiger partial charge in [-0.05, 0) is 42.0 Å². The van der Waals surface area contributed by atoms with Crippen LogP contribution in [0.25, 0.3) is 0 Å². The first-order valence-corrected chi connectivity index (χ1v) is 11.5. The number of halogens is 1. The fourth-order valence-corrected chi connectivity index (χ4v) is 3.90. The Bertz CT molecular complexity index is 1230. The molecule has 1 unspecified atom stereocenters. The first kappa shape index (κ1) is 23.1. The van der Waals surface area contributed by atoms with Gasteiger partial charge < -0.3 is 16.0 Å². The van der Waals surface area contributed by atoms with Crippen molar-refractivity contribution in [2.75, 3.05) is 5.32 Å². The number of amides is 2. The van der Waals surface area contributed by atoms with Crippen LogP contribution in [0.3, 0.4) is 0 Å². The monoisotopic (exact) mass is 475 g/mol. The minimum atomic E-state index is -0.797. The zero-order valence-electron chi connectivity index (χ0n) is 18.1. The van der Waals surface area contributed by atoms with Crippen LogP contribution in [0.5, 0.6) is 0 Å². The number of hydrogen-bond acceptors (Lipinski definition) is 6. The Balaban J connectivity index is 1.43. The number of nitrogens with one attached hydrogen (secondary N) is 3. The molecule has 4 aromatic rings. The van der Waals surface area contributed by atoms with E-state index in [0.29, 0.717) is 17.2 Å². The average Bonchev–Trinajstić information content (AvgIpc) is 3.33. The molecule has 1 atom stereocenters. The van der Waals surface area contributed by atoms with Crippen molar-refractivity contribution in [3.05, 3.63) is 107 Å². The summed E-state index contributed by atoms with van der Waals surface area (Å²) >= 11 is 1.24. The molecule has 0 spiro atoms. The lowest BCUT2D eigenvalue weighted by atomic mass is 10.0. The quantitative estimate of drug-likeness (QED) is 0.339. The molecule has 0 saturated carbocycles. The molecular weight excluding hydrogens is 453 g/mol. The summed E-state index contributed by atoms with van der Waals surface area (Å²) in [6, 6.07) is 20.0. The summed E-state index contributed by atoms with van der Waals surface area (Å²) in [5, 5.41) is 10.8. The molecule has 0 fully saturated rings. The van der Waals surface area contributed by atoms with Gasteiger partial charge in [-0.1, -0.05) is 36.4 Å². The summed E-state index contributed by atoms with van der Waals surface area (Å²) in [5.41, 5.74) is 2.47. The number of carbonyl (C=O) groups is 2. The molecule has 7 nitrogen and oxygen atoms in total. The van der Waals surface area contributed by atoms with Gasteiger partial charge in [-0.2, -0.15) is 0 Å². The second-order valence-corrected chi connectivity index (χ2v) is 8.28. The molecule has 9 heteroatoms. The van der Waals surface area contributed by atoms with E-state index >= 15 is 0 Å². The van der Waals surface area contributed by atoms with Crippen LogP contribution in [0, 0.1) is 5.82 Å². The minimum absolute atomic E-state index is 0.185. The van der Waals surface area contributed by atoms with Crippen molar-refractivity contribution in [3.63, 3.8) is 0 Å². The van der Waals surface area contributed by atoms with Crippen LogP contribution in [-0.2, 0) is 17.8 Å². The first-order chi connectivity index (χ1) is 16.6. The van der Waals surface area contributed by atoms with Crippen molar-refractivity contribution in [3.8, 4) is 0 Å². The Morgan fingerprint density at radius 1 is 0.971 bits per heavy atom. The Kier molecular flexibility index (Phi) is 7.56. The van der Waals surface area contributed by atoms with Crippen molar-refractivity contribution in [2.24, 2.45) is 0 Å². The Labute approximate surface area is 200 Å². The fraction of sp³-hybridized carbons (Fsp3) is 0.120. The van der Waals surface area contributed by atoms with Gasteiger partial charge in [0.15, 0.2) is 5.13 Å². The van der Waals surface area contributed by atoms with Crippen molar-refractivity contribution in [2.45, 2.75) is 19.0 Å². The third-order valence-electron chi connectivity index (χ3n) is 4.91. The largest absolute Gasteiger partial charge is 0.349 e. The fourth-order valence-electron chi connectivity index (χ4n) is 3.19. The standard InChI is InChI=1S/C25H22FN5O2S/c26-18-9-11-19(12-10-18)29-25-31-22(16-34-25)24(33)30-21(14-17-6-2-1-3-7-17)23(32)28-15-20-8-4-5-13-27-20/h1-13,16,21H,14-15H2,(H,28,32)(H,29,31)(H,30,33). The molecule has 0 radical (unpaired) electrons. The molecule has 0 aliphatic heterocycles. The molecule has 2 heterocycles. The maximum Gasteiger partial charge on any atom is 0.271 e. The number of thiazole rings is 1. The molecule has 2 aromatic heterocycles. The van der Waals surface area contributed by atoms with E-state index in [0.717, 1.165) is 11.3 Å². The van der Waals surface area contributed by atoms with Gasteiger partial charge in [-0.25, -0.2) is 9.37 Å². The lowest BCUT2D eigenvalue weighted by Gasteiger charge is -2.18. The number of hydrogen-bond donors (Lipinski definition) is 3. The molecule has 2 amide bonds. The molecule has 3 N–H and O–H groups in total. The Morgan fingerprint density at radius 3 is 2.47 bits per heavy atom. The van der Waals surface area contributed by atoms with E-state index in [1.807, 2.05) is 42.5 Å². The smallest absolute Gasteiger partial charge is 0.271 e. The summed E-state index contributed by atoms with van der Waals surface area (Å²) in [5.74, 6) is -1.12. The summed E-state index contributed by atoms with van der Waals surface area (Å²) in [6.07, 6.45) is 1.98. The Morgan fingerprint density at radius 2 is 1.74 bits per heavy atom. The predicted molar refractivity (Wildman–Crippen MR) is 129 cm³/mol. The van der Waals surface area contributed by atoms with Gasteiger partial charge in [-0.15, -0.1) is 11.3 Å².